The number of rotatable bonds is 3. The molecule has 0 aromatic heterocycles. The zero-order valence-corrected chi connectivity index (χ0v) is 7.81. The minimum atomic E-state index is 1.26. The van der Waals surface area contributed by atoms with Crippen LogP contribution < -0.4 is 5.32 Å². The lowest BCUT2D eigenvalue weighted by molar-refractivity contribution is 1.14. The summed E-state index contributed by atoms with van der Waals surface area (Å²) in [7, 11) is 0. The maximum absolute atomic E-state index is 3.07. The summed E-state index contributed by atoms with van der Waals surface area (Å²) in [5, 5.41) is 3.07. The van der Waals surface area contributed by atoms with Gasteiger partial charge in [0.2, 0.25) is 0 Å². The fraction of sp³-hybridized carbons (Fsp3) is 0.400. The van der Waals surface area contributed by atoms with Crippen LogP contribution in [0, 0.1) is 0 Å². The van der Waals surface area contributed by atoms with Gasteiger partial charge in [0.15, 0.2) is 0 Å². The van der Waals surface area contributed by atoms with Crippen LogP contribution in [0.1, 0.15) is 27.7 Å². The second-order valence-corrected chi connectivity index (χ2v) is 2.75. The second-order valence-electron chi connectivity index (χ2n) is 2.75. The first-order valence-electron chi connectivity index (χ1n) is 3.85. The predicted octanol–water partition coefficient (Wildman–Crippen LogP) is 2.98. The Morgan fingerprint density at radius 2 is 1.82 bits per heavy atom. The van der Waals surface area contributed by atoms with Crippen LogP contribution >= 0.6 is 0 Å². The van der Waals surface area contributed by atoms with Crippen molar-refractivity contribution in [1.29, 1.82) is 0 Å². The van der Waals surface area contributed by atoms with E-state index in [1.54, 1.807) is 0 Å². The summed E-state index contributed by atoms with van der Waals surface area (Å²) in [4.78, 5) is 0. The van der Waals surface area contributed by atoms with Crippen LogP contribution in [-0.4, -0.2) is 0 Å². The third kappa shape index (κ3) is 6.91. The summed E-state index contributed by atoms with van der Waals surface area (Å²) in [5.41, 5.74) is 2.53. The van der Waals surface area contributed by atoms with Crippen LogP contribution in [0.15, 0.2) is 35.7 Å². The highest BCUT2D eigenvalue weighted by Crippen LogP contribution is 1.91. The van der Waals surface area contributed by atoms with Crippen molar-refractivity contribution < 1.29 is 0 Å². The van der Waals surface area contributed by atoms with E-state index in [-0.39, 0.29) is 0 Å². The van der Waals surface area contributed by atoms with Crippen LogP contribution in [0.5, 0.6) is 0 Å². The van der Waals surface area contributed by atoms with E-state index < -0.39 is 0 Å². The number of hydrogen-bond acceptors (Lipinski definition) is 1. The number of hydrogen-bond donors (Lipinski definition) is 1. The van der Waals surface area contributed by atoms with Crippen molar-refractivity contribution in [2.75, 3.05) is 0 Å². The van der Waals surface area contributed by atoms with Gasteiger partial charge >= 0.3 is 0 Å². The van der Waals surface area contributed by atoms with Crippen molar-refractivity contribution in [3.05, 3.63) is 35.7 Å². The zero-order chi connectivity index (χ0) is 8.69. The second kappa shape index (κ2) is 5.78. The van der Waals surface area contributed by atoms with E-state index >= 15 is 0 Å². The van der Waals surface area contributed by atoms with E-state index in [9.17, 15) is 0 Å². The maximum atomic E-state index is 3.07. The number of nitrogens with one attached hydrogen (secondary N) is 1. The highest BCUT2D eigenvalue weighted by molar-refractivity contribution is 5.14. The van der Waals surface area contributed by atoms with Crippen LogP contribution in [0.25, 0.3) is 0 Å². The maximum Gasteiger partial charge on any atom is 0.000693 e. The lowest BCUT2D eigenvalue weighted by atomic mass is 10.3. The summed E-state index contributed by atoms with van der Waals surface area (Å²) in [6.45, 7) is 8.22. The molecule has 1 heteroatoms. The van der Waals surface area contributed by atoms with Gasteiger partial charge in [0.1, 0.15) is 0 Å². The molecule has 62 valence electrons. The Morgan fingerprint density at radius 3 is 2.27 bits per heavy atom. The molecule has 0 amide bonds. The van der Waals surface area contributed by atoms with E-state index in [1.807, 2.05) is 25.4 Å². The van der Waals surface area contributed by atoms with Gasteiger partial charge in [-0.2, -0.15) is 0 Å². The van der Waals surface area contributed by atoms with Crippen molar-refractivity contribution >= 4 is 0 Å². The van der Waals surface area contributed by atoms with Crippen LogP contribution in [0.2, 0.25) is 0 Å². The molecule has 0 aliphatic rings. The molecule has 0 spiro atoms. The molecule has 1 nitrogen and oxygen atoms in total. The van der Waals surface area contributed by atoms with Gasteiger partial charge in [-0.05, 0) is 40.0 Å². The highest BCUT2D eigenvalue weighted by Gasteiger charge is 1.75. The molecule has 11 heavy (non-hydrogen) atoms. The smallest absolute Gasteiger partial charge is 0.000693 e. The Balaban J connectivity index is 3.71. The van der Waals surface area contributed by atoms with Gasteiger partial charge in [0, 0.05) is 6.20 Å². The molecule has 0 aromatic carbocycles. The van der Waals surface area contributed by atoms with Gasteiger partial charge < -0.3 is 5.32 Å². The van der Waals surface area contributed by atoms with Crippen LogP contribution in [-0.2, 0) is 0 Å². The quantitative estimate of drug-likeness (QED) is 0.611. The van der Waals surface area contributed by atoms with Gasteiger partial charge in [-0.15, -0.1) is 0 Å². The van der Waals surface area contributed by atoms with Crippen molar-refractivity contribution in [3.8, 4) is 0 Å². The molecular weight excluding hydrogens is 134 g/mol. The molecule has 0 radical (unpaired) electrons. The average molecular weight is 151 g/mol. The molecule has 0 atom stereocenters. The Bertz CT molecular complexity index is 181. The van der Waals surface area contributed by atoms with E-state index in [1.165, 1.54) is 11.1 Å². The van der Waals surface area contributed by atoms with E-state index in [0.29, 0.717) is 0 Å². The first-order chi connectivity index (χ1) is 5.16. The van der Waals surface area contributed by atoms with Crippen molar-refractivity contribution in [1.82, 2.24) is 5.32 Å². The summed E-state index contributed by atoms with van der Waals surface area (Å²) < 4.78 is 0. The van der Waals surface area contributed by atoms with Gasteiger partial charge in [-0.3, -0.25) is 0 Å². The van der Waals surface area contributed by atoms with E-state index in [4.69, 9.17) is 0 Å². The monoisotopic (exact) mass is 151 g/mol. The first kappa shape index (κ1) is 10.0. The van der Waals surface area contributed by atoms with Crippen molar-refractivity contribution in [3.63, 3.8) is 0 Å². The largest absolute Gasteiger partial charge is 0.368 e. The standard InChI is InChI=1S/C10H17N/c1-5-10(4)6-7-11-8-9(2)3/h5-8,11H,1-4H3. The fourth-order valence-corrected chi connectivity index (χ4v) is 0.491. The third-order valence-electron chi connectivity index (χ3n) is 1.27. The van der Waals surface area contributed by atoms with Crippen LogP contribution in [0.4, 0.5) is 0 Å². The van der Waals surface area contributed by atoms with Crippen molar-refractivity contribution in [2.24, 2.45) is 0 Å². The van der Waals surface area contributed by atoms with Gasteiger partial charge in [-0.1, -0.05) is 17.2 Å². The zero-order valence-electron chi connectivity index (χ0n) is 7.81. The Kier molecular flexibility index (Phi) is 5.26. The molecule has 0 aliphatic carbocycles. The summed E-state index contributed by atoms with van der Waals surface area (Å²) in [6, 6.07) is 0. The van der Waals surface area contributed by atoms with Gasteiger partial charge in [0.05, 0.1) is 0 Å². The Hall–Kier alpha value is -0.980. The molecule has 0 saturated carbocycles. The van der Waals surface area contributed by atoms with Crippen molar-refractivity contribution in [2.45, 2.75) is 27.7 Å². The molecule has 0 rings (SSSR count). The van der Waals surface area contributed by atoms with E-state index in [0.717, 1.165) is 0 Å². The minimum absolute atomic E-state index is 1.26. The molecular formula is C10H17N. The summed E-state index contributed by atoms with van der Waals surface area (Å²) in [5.74, 6) is 0. The molecule has 0 heterocycles. The first-order valence-corrected chi connectivity index (χ1v) is 3.85. The third-order valence-corrected chi connectivity index (χ3v) is 1.27. The minimum Gasteiger partial charge on any atom is -0.368 e. The Labute approximate surface area is 69.5 Å². The average Bonchev–Trinajstić information content (AvgIpc) is 1.97. The lowest BCUT2D eigenvalue weighted by Crippen LogP contribution is -1.92. The summed E-state index contributed by atoms with van der Waals surface area (Å²) >= 11 is 0. The fourth-order valence-electron chi connectivity index (χ4n) is 0.491. The number of allylic oxidation sites excluding steroid dienone is 4. The molecule has 1 N–H and O–H groups in total. The van der Waals surface area contributed by atoms with Gasteiger partial charge in [0.25, 0.3) is 0 Å². The predicted molar refractivity (Wildman–Crippen MR) is 51.1 cm³/mol. The van der Waals surface area contributed by atoms with Gasteiger partial charge in [-0.25, -0.2) is 0 Å². The lowest BCUT2D eigenvalue weighted by Gasteiger charge is -1.92. The van der Waals surface area contributed by atoms with Crippen LogP contribution in [0.3, 0.4) is 0 Å². The molecule has 0 saturated heterocycles. The molecule has 0 fully saturated rings. The summed E-state index contributed by atoms with van der Waals surface area (Å²) in [6.07, 6.45) is 8.02. The molecule has 0 bridgehead atoms. The topological polar surface area (TPSA) is 12.0 Å². The van der Waals surface area contributed by atoms with E-state index in [2.05, 4.69) is 32.2 Å². The molecule has 0 aliphatic heterocycles. The highest BCUT2D eigenvalue weighted by atomic mass is 14.8. The SMILES string of the molecule is CC=C(C)C=CNC=C(C)C. The Morgan fingerprint density at radius 1 is 1.18 bits per heavy atom. The molecule has 0 unspecified atom stereocenters. The normalized spacial score (nSPS) is 11.8. The molecule has 0 aromatic rings.